The maximum atomic E-state index is 10.9. The van der Waals surface area contributed by atoms with E-state index in [1.54, 1.807) is 0 Å². The van der Waals surface area contributed by atoms with Crippen molar-refractivity contribution in [2.45, 2.75) is 40.5 Å². The largest absolute Gasteiger partial charge is 0.469 e. The zero-order valence-corrected chi connectivity index (χ0v) is 10.2. The standard InChI is InChI=1S/C7H13NO2.2C2H6/c1-10-7(9)6-3-2-4-8-5-6;2*1-2/h6,8H,2-5H2,1H3;2*1-2H3. The molecule has 0 radical (unpaired) electrons. The normalized spacial score (nSPS) is 19.4. The lowest BCUT2D eigenvalue weighted by atomic mass is 10.0. The van der Waals surface area contributed by atoms with E-state index in [1.165, 1.54) is 7.11 Å². The summed E-state index contributed by atoms with van der Waals surface area (Å²) in [5.41, 5.74) is 0. The second-order valence-electron chi connectivity index (χ2n) is 2.57. The summed E-state index contributed by atoms with van der Waals surface area (Å²) in [6.07, 6.45) is 2.05. The molecule has 1 fully saturated rings. The third-order valence-electron chi connectivity index (χ3n) is 1.83. The van der Waals surface area contributed by atoms with Crippen molar-refractivity contribution in [1.29, 1.82) is 0 Å². The second kappa shape index (κ2) is 12.4. The van der Waals surface area contributed by atoms with Crippen LogP contribution in [-0.4, -0.2) is 26.2 Å². The lowest BCUT2D eigenvalue weighted by Gasteiger charge is -2.19. The summed E-state index contributed by atoms with van der Waals surface area (Å²) in [6.45, 7) is 9.82. The van der Waals surface area contributed by atoms with Crippen molar-refractivity contribution in [1.82, 2.24) is 5.32 Å². The number of nitrogens with one attached hydrogen (secondary N) is 1. The highest BCUT2D eigenvalue weighted by Crippen LogP contribution is 2.10. The number of hydrogen-bond donors (Lipinski definition) is 1. The molecule has 3 nitrogen and oxygen atoms in total. The third-order valence-corrected chi connectivity index (χ3v) is 1.83. The Morgan fingerprint density at radius 2 is 1.86 bits per heavy atom. The van der Waals surface area contributed by atoms with E-state index >= 15 is 0 Å². The monoisotopic (exact) mass is 203 g/mol. The summed E-state index contributed by atoms with van der Waals surface area (Å²) in [4.78, 5) is 10.9. The van der Waals surface area contributed by atoms with Crippen LogP contribution in [0.15, 0.2) is 0 Å². The van der Waals surface area contributed by atoms with E-state index in [0.717, 1.165) is 25.9 Å². The van der Waals surface area contributed by atoms with E-state index in [4.69, 9.17) is 0 Å². The molecule has 1 atom stereocenters. The van der Waals surface area contributed by atoms with Gasteiger partial charge in [-0.2, -0.15) is 0 Å². The maximum absolute atomic E-state index is 10.9. The molecule has 86 valence electrons. The first-order chi connectivity index (χ1) is 6.84. The van der Waals surface area contributed by atoms with E-state index < -0.39 is 0 Å². The Labute approximate surface area is 88.2 Å². The van der Waals surface area contributed by atoms with Gasteiger partial charge in [-0.15, -0.1) is 0 Å². The predicted molar refractivity (Wildman–Crippen MR) is 60.3 cm³/mol. The van der Waals surface area contributed by atoms with Crippen molar-refractivity contribution in [3.05, 3.63) is 0 Å². The van der Waals surface area contributed by atoms with Crippen LogP contribution < -0.4 is 5.32 Å². The zero-order chi connectivity index (χ0) is 11.4. The number of piperidine rings is 1. The molecule has 1 aliphatic rings. The van der Waals surface area contributed by atoms with E-state index in [-0.39, 0.29) is 11.9 Å². The van der Waals surface area contributed by atoms with Gasteiger partial charge in [0.05, 0.1) is 13.0 Å². The molecule has 1 aliphatic heterocycles. The molecule has 0 aromatic rings. The van der Waals surface area contributed by atoms with Crippen molar-refractivity contribution >= 4 is 5.97 Å². The van der Waals surface area contributed by atoms with Crippen molar-refractivity contribution < 1.29 is 9.53 Å². The van der Waals surface area contributed by atoms with E-state index in [2.05, 4.69) is 10.1 Å². The second-order valence-corrected chi connectivity index (χ2v) is 2.57. The Hall–Kier alpha value is -0.570. The number of rotatable bonds is 1. The van der Waals surface area contributed by atoms with Crippen LogP contribution in [0, 0.1) is 5.92 Å². The van der Waals surface area contributed by atoms with E-state index in [1.807, 2.05) is 27.7 Å². The summed E-state index contributed by atoms with van der Waals surface area (Å²) in [7, 11) is 1.44. The molecule has 1 unspecified atom stereocenters. The van der Waals surface area contributed by atoms with Gasteiger partial charge in [0.15, 0.2) is 0 Å². The fourth-order valence-electron chi connectivity index (χ4n) is 1.22. The molecule has 0 spiro atoms. The van der Waals surface area contributed by atoms with E-state index in [9.17, 15) is 4.79 Å². The molecule has 1 rings (SSSR count). The summed E-state index contributed by atoms with van der Waals surface area (Å²) in [6, 6.07) is 0. The molecular formula is C11H25NO2. The molecule has 0 aromatic heterocycles. The molecule has 1 heterocycles. The summed E-state index contributed by atoms with van der Waals surface area (Å²) in [5, 5.41) is 3.15. The summed E-state index contributed by atoms with van der Waals surface area (Å²) in [5.74, 6) is 0.0194. The molecule has 1 saturated heterocycles. The van der Waals surface area contributed by atoms with Crippen LogP contribution in [0.2, 0.25) is 0 Å². The van der Waals surface area contributed by atoms with Gasteiger partial charge in [-0.05, 0) is 19.4 Å². The fourth-order valence-corrected chi connectivity index (χ4v) is 1.22. The Bertz CT molecular complexity index is 120. The number of methoxy groups -OCH3 is 1. The smallest absolute Gasteiger partial charge is 0.309 e. The van der Waals surface area contributed by atoms with Gasteiger partial charge in [0, 0.05) is 6.54 Å². The highest BCUT2D eigenvalue weighted by molar-refractivity contribution is 5.72. The maximum Gasteiger partial charge on any atom is 0.309 e. The van der Waals surface area contributed by atoms with Gasteiger partial charge in [0.25, 0.3) is 0 Å². The zero-order valence-electron chi connectivity index (χ0n) is 10.2. The molecule has 14 heavy (non-hydrogen) atoms. The first-order valence-electron chi connectivity index (χ1n) is 5.63. The van der Waals surface area contributed by atoms with Gasteiger partial charge >= 0.3 is 5.97 Å². The lowest BCUT2D eigenvalue weighted by molar-refractivity contribution is -0.145. The predicted octanol–water partition coefficient (Wildman–Crippen LogP) is 2.21. The van der Waals surface area contributed by atoms with Crippen LogP contribution in [0.1, 0.15) is 40.5 Å². The van der Waals surface area contributed by atoms with Gasteiger partial charge < -0.3 is 10.1 Å². The quantitative estimate of drug-likeness (QED) is 0.664. The van der Waals surface area contributed by atoms with Crippen LogP contribution in [-0.2, 0) is 9.53 Å². The number of carbonyl (C=O) groups is 1. The molecule has 1 N–H and O–H groups in total. The van der Waals surface area contributed by atoms with Crippen molar-refractivity contribution in [2.24, 2.45) is 5.92 Å². The van der Waals surface area contributed by atoms with Gasteiger partial charge in [-0.3, -0.25) is 4.79 Å². The van der Waals surface area contributed by atoms with Gasteiger partial charge in [0.1, 0.15) is 0 Å². The summed E-state index contributed by atoms with van der Waals surface area (Å²) >= 11 is 0. The minimum atomic E-state index is -0.0767. The van der Waals surface area contributed by atoms with Crippen LogP contribution in [0.4, 0.5) is 0 Å². The Kier molecular flexibility index (Phi) is 14.1. The first-order valence-corrected chi connectivity index (χ1v) is 5.63. The molecular weight excluding hydrogens is 178 g/mol. The van der Waals surface area contributed by atoms with E-state index in [0.29, 0.717) is 0 Å². The topological polar surface area (TPSA) is 38.3 Å². The SMILES string of the molecule is CC.CC.COC(=O)C1CCCNC1. The average molecular weight is 203 g/mol. The average Bonchev–Trinajstić information content (AvgIpc) is 2.34. The molecule has 0 aliphatic carbocycles. The first kappa shape index (κ1) is 15.9. The summed E-state index contributed by atoms with van der Waals surface area (Å²) < 4.78 is 4.61. The van der Waals surface area contributed by atoms with Gasteiger partial charge in [0.2, 0.25) is 0 Å². The minimum absolute atomic E-state index is 0.0767. The van der Waals surface area contributed by atoms with Gasteiger partial charge in [-0.25, -0.2) is 0 Å². The third kappa shape index (κ3) is 6.89. The van der Waals surface area contributed by atoms with Crippen LogP contribution in [0.3, 0.4) is 0 Å². The van der Waals surface area contributed by atoms with Crippen LogP contribution in [0.25, 0.3) is 0 Å². The van der Waals surface area contributed by atoms with Crippen LogP contribution >= 0.6 is 0 Å². The highest BCUT2D eigenvalue weighted by atomic mass is 16.5. The number of ether oxygens (including phenoxy) is 1. The lowest BCUT2D eigenvalue weighted by Crippen LogP contribution is -2.34. The molecule has 0 bridgehead atoms. The molecule has 0 saturated carbocycles. The van der Waals surface area contributed by atoms with Crippen LogP contribution in [0.5, 0.6) is 0 Å². The highest BCUT2D eigenvalue weighted by Gasteiger charge is 2.20. The Morgan fingerprint density at radius 3 is 2.21 bits per heavy atom. The fraction of sp³-hybridized carbons (Fsp3) is 0.909. The van der Waals surface area contributed by atoms with Gasteiger partial charge in [-0.1, -0.05) is 27.7 Å². The van der Waals surface area contributed by atoms with Crippen molar-refractivity contribution in [3.63, 3.8) is 0 Å². The minimum Gasteiger partial charge on any atom is -0.469 e. The molecule has 3 heteroatoms. The van der Waals surface area contributed by atoms with Crippen molar-refractivity contribution in [2.75, 3.05) is 20.2 Å². The number of carbonyl (C=O) groups excluding carboxylic acids is 1. The molecule has 0 amide bonds. The Balaban J connectivity index is 0. The number of esters is 1. The molecule has 0 aromatic carbocycles. The van der Waals surface area contributed by atoms with Crippen molar-refractivity contribution in [3.8, 4) is 0 Å². The number of hydrogen-bond acceptors (Lipinski definition) is 3. The Morgan fingerprint density at radius 1 is 1.29 bits per heavy atom.